The van der Waals surface area contributed by atoms with Crippen LogP contribution in [0.4, 0.5) is 5.69 Å². The molecule has 25 heavy (non-hydrogen) atoms. The van der Waals surface area contributed by atoms with Gasteiger partial charge in [0.05, 0.1) is 31.5 Å². The van der Waals surface area contributed by atoms with E-state index in [2.05, 4.69) is 26.8 Å². The van der Waals surface area contributed by atoms with Gasteiger partial charge in [0.25, 0.3) is 0 Å². The van der Waals surface area contributed by atoms with Crippen LogP contribution in [0.3, 0.4) is 0 Å². The zero-order chi connectivity index (χ0) is 17.6. The minimum Gasteiger partial charge on any atom is -0.497 e. The highest BCUT2D eigenvalue weighted by Gasteiger charge is 2.77. The highest BCUT2D eigenvalue weighted by Crippen LogP contribution is 2.70. The summed E-state index contributed by atoms with van der Waals surface area (Å²) in [6, 6.07) is 6.13. The molecule has 5 nitrogen and oxygen atoms in total. The van der Waals surface area contributed by atoms with Crippen molar-refractivity contribution in [3.8, 4) is 5.75 Å². The van der Waals surface area contributed by atoms with Gasteiger partial charge >= 0.3 is 0 Å². The summed E-state index contributed by atoms with van der Waals surface area (Å²) in [5.41, 5.74) is 1.66. The lowest BCUT2D eigenvalue weighted by Crippen LogP contribution is -2.64. The molecule has 0 bridgehead atoms. The highest BCUT2D eigenvalue weighted by atomic mass is 16.7. The molecule has 5 rings (SSSR count). The molecule has 1 spiro atoms. The Kier molecular flexibility index (Phi) is 2.86. The summed E-state index contributed by atoms with van der Waals surface area (Å²) in [7, 11) is 1.67. The van der Waals surface area contributed by atoms with E-state index in [1.807, 2.05) is 17.0 Å². The predicted octanol–water partition coefficient (Wildman–Crippen LogP) is 2.86. The van der Waals surface area contributed by atoms with Crippen molar-refractivity contribution in [1.82, 2.24) is 0 Å². The van der Waals surface area contributed by atoms with Gasteiger partial charge in [0.2, 0.25) is 5.91 Å². The van der Waals surface area contributed by atoms with E-state index in [1.165, 1.54) is 5.56 Å². The number of anilines is 1. The Hall–Kier alpha value is -1.59. The second-order valence-electron chi connectivity index (χ2n) is 8.44. The summed E-state index contributed by atoms with van der Waals surface area (Å²) in [5.74, 6) is 0.796. The highest BCUT2D eigenvalue weighted by molar-refractivity contribution is 6.00. The van der Waals surface area contributed by atoms with Gasteiger partial charge in [-0.3, -0.25) is 4.79 Å². The number of piperidine rings is 1. The minimum absolute atomic E-state index is 0.156. The maximum atomic E-state index is 13.1. The molecule has 2 saturated heterocycles. The van der Waals surface area contributed by atoms with Crippen molar-refractivity contribution in [1.29, 1.82) is 0 Å². The number of methoxy groups -OCH3 is 1. The zero-order valence-corrected chi connectivity index (χ0v) is 15.3. The number of amides is 1. The molecule has 1 aliphatic carbocycles. The lowest BCUT2D eigenvalue weighted by Gasteiger charge is -2.51. The Morgan fingerprint density at radius 3 is 2.64 bits per heavy atom. The molecule has 3 fully saturated rings. The number of fused-ring (bicyclic) bond motifs is 4. The molecule has 0 unspecified atom stereocenters. The van der Waals surface area contributed by atoms with Gasteiger partial charge in [-0.1, -0.05) is 19.9 Å². The Balaban J connectivity index is 1.78. The summed E-state index contributed by atoms with van der Waals surface area (Å²) < 4.78 is 17.9. The minimum atomic E-state index is -0.570. The Labute approximate surface area is 148 Å². The van der Waals surface area contributed by atoms with Gasteiger partial charge in [0.1, 0.15) is 5.75 Å². The monoisotopic (exact) mass is 343 g/mol. The zero-order valence-electron chi connectivity index (χ0n) is 15.3. The van der Waals surface area contributed by atoms with Crippen molar-refractivity contribution in [2.45, 2.75) is 50.4 Å². The van der Waals surface area contributed by atoms with Crippen LogP contribution in [0.5, 0.6) is 5.75 Å². The van der Waals surface area contributed by atoms with Crippen molar-refractivity contribution in [2.75, 3.05) is 25.2 Å². The smallest absolute Gasteiger partial charge is 0.227 e. The SMILES string of the molecule is COc1ccc2c(c1)N1C(=O)C[C@H](C)[C@@H]3C4(C[C@]2(C)[C@]31C)OCCO4. The number of rotatable bonds is 1. The quantitative estimate of drug-likeness (QED) is 0.787. The fraction of sp³-hybridized carbons (Fsp3) is 0.650. The number of carbonyl (C=O) groups is 1. The van der Waals surface area contributed by atoms with Crippen LogP contribution in [0.2, 0.25) is 0 Å². The maximum absolute atomic E-state index is 13.1. The molecule has 0 radical (unpaired) electrons. The van der Waals surface area contributed by atoms with Crippen LogP contribution >= 0.6 is 0 Å². The van der Waals surface area contributed by atoms with E-state index in [0.717, 1.165) is 17.9 Å². The fourth-order valence-corrected chi connectivity index (χ4v) is 6.46. The summed E-state index contributed by atoms with van der Waals surface area (Å²) in [4.78, 5) is 15.2. The van der Waals surface area contributed by atoms with Gasteiger partial charge in [-0.25, -0.2) is 0 Å². The number of ether oxygens (including phenoxy) is 3. The first kappa shape index (κ1) is 15.6. The van der Waals surface area contributed by atoms with Crippen LogP contribution in [-0.2, 0) is 19.7 Å². The van der Waals surface area contributed by atoms with E-state index in [-0.39, 0.29) is 28.7 Å². The standard InChI is InChI=1S/C20H25NO4/c1-12-9-16(22)21-15-10-13(23-4)5-6-14(15)18(2)11-20(24-7-8-25-20)17(12)19(18,21)3/h5-6,10,12,17H,7-9,11H2,1-4H3/t12-,17-,18-,19-/m0/s1. The molecule has 5 heteroatoms. The predicted molar refractivity (Wildman–Crippen MR) is 92.8 cm³/mol. The summed E-state index contributed by atoms with van der Waals surface area (Å²) in [5, 5.41) is 0. The topological polar surface area (TPSA) is 48.0 Å². The average molecular weight is 343 g/mol. The van der Waals surface area contributed by atoms with Crippen LogP contribution < -0.4 is 9.64 Å². The molecule has 4 aliphatic rings. The third kappa shape index (κ3) is 1.56. The van der Waals surface area contributed by atoms with E-state index < -0.39 is 5.79 Å². The maximum Gasteiger partial charge on any atom is 0.227 e. The van der Waals surface area contributed by atoms with Crippen LogP contribution in [0.25, 0.3) is 0 Å². The van der Waals surface area contributed by atoms with E-state index in [1.54, 1.807) is 7.11 Å². The van der Waals surface area contributed by atoms with Crippen LogP contribution in [0.15, 0.2) is 18.2 Å². The van der Waals surface area contributed by atoms with Gasteiger partial charge in [-0.15, -0.1) is 0 Å². The number of nitrogens with zero attached hydrogens (tertiary/aromatic N) is 1. The van der Waals surface area contributed by atoms with Gasteiger partial charge in [-0.2, -0.15) is 0 Å². The molecule has 134 valence electrons. The van der Waals surface area contributed by atoms with Crippen molar-refractivity contribution in [3.05, 3.63) is 23.8 Å². The number of benzene rings is 1. The molecule has 1 aromatic rings. The molecule has 3 heterocycles. The van der Waals surface area contributed by atoms with Gasteiger partial charge in [0.15, 0.2) is 5.79 Å². The Morgan fingerprint density at radius 1 is 1.24 bits per heavy atom. The first-order valence-corrected chi connectivity index (χ1v) is 9.17. The Bertz CT molecular complexity index is 771. The average Bonchev–Trinajstić information content (AvgIpc) is 3.14. The van der Waals surface area contributed by atoms with Crippen molar-refractivity contribution in [2.24, 2.45) is 11.8 Å². The molecule has 0 N–H and O–H groups in total. The molecule has 4 atom stereocenters. The van der Waals surface area contributed by atoms with Crippen molar-refractivity contribution in [3.63, 3.8) is 0 Å². The van der Waals surface area contributed by atoms with Crippen LogP contribution in [0, 0.1) is 11.8 Å². The Morgan fingerprint density at radius 2 is 1.96 bits per heavy atom. The second-order valence-corrected chi connectivity index (χ2v) is 8.44. The third-order valence-corrected chi connectivity index (χ3v) is 7.39. The number of carbonyl (C=O) groups excluding carboxylic acids is 1. The van der Waals surface area contributed by atoms with Crippen molar-refractivity contribution >= 4 is 11.6 Å². The molecule has 3 aliphatic heterocycles. The largest absolute Gasteiger partial charge is 0.497 e. The summed E-state index contributed by atoms with van der Waals surface area (Å²) in [6.45, 7) is 7.96. The first-order chi connectivity index (χ1) is 11.9. The molecule has 1 amide bonds. The molecule has 1 saturated carbocycles. The lowest BCUT2D eigenvalue weighted by atomic mass is 9.64. The fourth-order valence-electron chi connectivity index (χ4n) is 6.46. The van der Waals surface area contributed by atoms with E-state index >= 15 is 0 Å². The van der Waals surface area contributed by atoms with E-state index in [9.17, 15) is 4.79 Å². The van der Waals surface area contributed by atoms with Crippen LogP contribution in [0.1, 0.15) is 39.2 Å². The van der Waals surface area contributed by atoms with Gasteiger partial charge in [0, 0.05) is 30.2 Å². The van der Waals surface area contributed by atoms with Gasteiger partial charge in [-0.05, 0) is 24.5 Å². The summed E-state index contributed by atoms with van der Waals surface area (Å²) >= 11 is 0. The summed E-state index contributed by atoms with van der Waals surface area (Å²) in [6.07, 6.45) is 1.32. The lowest BCUT2D eigenvalue weighted by molar-refractivity contribution is -0.202. The first-order valence-electron chi connectivity index (χ1n) is 9.17. The second kappa shape index (κ2) is 4.57. The number of hydrogen-bond donors (Lipinski definition) is 0. The molecule has 0 aromatic heterocycles. The molecular weight excluding hydrogens is 318 g/mol. The normalized spacial score (nSPS) is 40.5. The molecular formula is C20H25NO4. The van der Waals surface area contributed by atoms with E-state index in [0.29, 0.717) is 19.6 Å². The van der Waals surface area contributed by atoms with Gasteiger partial charge < -0.3 is 19.1 Å². The third-order valence-electron chi connectivity index (χ3n) is 7.39. The molecule has 1 aromatic carbocycles. The van der Waals surface area contributed by atoms with Crippen LogP contribution in [-0.4, -0.2) is 37.6 Å². The van der Waals surface area contributed by atoms with Crippen molar-refractivity contribution < 1.29 is 19.0 Å². The van der Waals surface area contributed by atoms with E-state index in [4.69, 9.17) is 14.2 Å². The number of hydrogen-bond acceptors (Lipinski definition) is 4.